The van der Waals surface area contributed by atoms with Crippen LogP contribution >= 0.6 is 0 Å². The van der Waals surface area contributed by atoms with Crippen LogP contribution in [0.3, 0.4) is 0 Å². The van der Waals surface area contributed by atoms with Crippen LogP contribution < -0.4 is 4.74 Å². The number of carbonyl (C=O) groups is 1. The Morgan fingerprint density at radius 2 is 1.62 bits per heavy atom. The fourth-order valence-electron chi connectivity index (χ4n) is 2.45. The van der Waals surface area contributed by atoms with Crippen LogP contribution in [0.25, 0.3) is 0 Å². The number of sulfone groups is 1. The van der Waals surface area contributed by atoms with E-state index in [-0.39, 0.29) is 12.2 Å². The van der Waals surface area contributed by atoms with Crippen molar-refractivity contribution in [1.82, 2.24) is 0 Å². The molecule has 0 radical (unpaired) electrons. The molecule has 1 aliphatic heterocycles. The van der Waals surface area contributed by atoms with Gasteiger partial charge >= 0.3 is 5.51 Å². The summed E-state index contributed by atoms with van der Waals surface area (Å²) in [6.07, 6.45) is -0.641. The minimum absolute atomic E-state index is 0.0301. The van der Waals surface area contributed by atoms with E-state index in [0.29, 0.717) is 16.9 Å². The molecule has 1 atom stereocenters. The predicted molar refractivity (Wildman–Crippen MR) is 78.4 cm³/mol. The molecule has 0 amide bonds. The Morgan fingerprint density at radius 1 is 1.00 bits per heavy atom. The highest BCUT2D eigenvalue weighted by Crippen LogP contribution is 2.36. The highest BCUT2D eigenvalue weighted by Gasteiger charge is 2.46. The van der Waals surface area contributed by atoms with Gasteiger partial charge in [0.25, 0.3) is 9.84 Å². The van der Waals surface area contributed by atoms with Gasteiger partial charge in [0.2, 0.25) is 0 Å². The number of ether oxygens (including phenoxy) is 1. The summed E-state index contributed by atoms with van der Waals surface area (Å²) >= 11 is 0. The largest absolute Gasteiger partial charge is 0.501 e. The van der Waals surface area contributed by atoms with Crippen molar-refractivity contribution < 1.29 is 31.1 Å². The van der Waals surface area contributed by atoms with Gasteiger partial charge in [-0.05, 0) is 29.8 Å². The number of hydrogen-bond donors (Lipinski definition) is 0. The number of carbonyl (C=O) groups excluding carboxylic acids is 1. The third-order valence-corrected chi connectivity index (χ3v) is 5.20. The van der Waals surface area contributed by atoms with Crippen LogP contribution in [0.1, 0.15) is 28.4 Å². The average Bonchev–Trinajstić information content (AvgIpc) is 2.54. The first kappa shape index (κ1) is 16.5. The SMILES string of the molecule is O=C1CC(c2ccc(S(=O)(=O)C(F)(F)F)cc2)Oc2ccccc21. The van der Waals surface area contributed by atoms with Crippen molar-refractivity contribution in [3.8, 4) is 5.75 Å². The lowest BCUT2D eigenvalue weighted by molar-refractivity contribution is -0.0436. The van der Waals surface area contributed by atoms with Crippen LogP contribution in [-0.4, -0.2) is 19.7 Å². The zero-order valence-corrected chi connectivity index (χ0v) is 12.9. The molecule has 0 spiro atoms. The second kappa shape index (κ2) is 5.62. The number of halogens is 3. The molecule has 126 valence electrons. The van der Waals surface area contributed by atoms with Gasteiger partial charge in [0.1, 0.15) is 11.9 Å². The highest BCUT2D eigenvalue weighted by molar-refractivity contribution is 7.92. The van der Waals surface area contributed by atoms with Crippen LogP contribution in [0.15, 0.2) is 53.4 Å². The maximum absolute atomic E-state index is 12.5. The van der Waals surface area contributed by atoms with E-state index in [2.05, 4.69) is 0 Å². The van der Waals surface area contributed by atoms with Crippen molar-refractivity contribution in [3.63, 3.8) is 0 Å². The molecule has 1 unspecified atom stereocenters. The highest BCUT2D eigenvalue weighted by atomic mass is 32.2. The summed E-state index contributed by atoms with van der Waals surface area (Å²) in [5.74, 6) is 0.250. The Balaban J connectivity index is 1.89. The molecule has 8 heteroatoms. The van der Waals surface area contributed by atoms with E-state index in [1.807, 2.05) is 0 Å². The van der Waals surface area contributed by atoms with Gasteiger partial charge in [0.05, 0.1) is 16.9 Å². The molecule has 0 aliphatic carbocycles. The first-order valence-corrected chi connectivity index (χ1v) is 8.38. The van der Waals surface area contributed by atoms with Crippen molar-refractivity contribution in [1.29, 1.82) is 0 Å². The number of fused-ring (bicyclic) bond motifs is 1. The van der Waals surface area contributed by atoms with E-state index >= 15 is 0 Å². The lowest BCUT2D eigenvalue weighted by atomic mass is 9.96. The molecule has 1 heterocycles. The van der Waals surface area contributed by atoms with Crippen molar-refractivity contribution in [2.45, 2.75) is 22.9 Å². The van der Waals surface area contributed by atoms with Crippen LogP contribution in [0, 0.1) is 0 Å². The number of rotatable bonds is 2. The fraction of sp³-hybridized carbons (Fsp3) is 0.188. The van der Waals surface area contributed by atoms with Crippen LogP contribution in [0.4, 0.5) is 13.2 Å². The minimum Gasteiger partial charge on any atom is -0.484 e. The molecule has 2 aromatic carbocycles. The smallest absolute Gasteiger partial charge is 0.484 e. The van der Waals surface area contributed by atoms with E-state index in [1.54, 1.807) is 24.3 Å². The van der Waals surface area contributed by atoms with E-state index in [4.69, 9.17) is 4.74 Å². The van der Waals surface area contributed by atoms with Gasteiger partial charge in [-0.1, -0.05) is 24.3 Å². The van der Waals surface area contributed by atoms with Gasteiger partial charge in [-0.15, -0.1) is 0 Å². The lowest BCUT2D eigenvalue weighted by Gasteiger charge is -2.25. The summed E-state index contributed by atoms with van der Waals surface area (Å²) < 4.78 is 66.0. The van der Waals surface area contributed by atoms with Crippen molar-refractivity contribution in [3.05, 3.63) is 59.7 Å². The monoisotopic (exact) mass is 356 g/mol. The number of para-hydroxylation sites is 1. The summed E-state index contributed by atoms with van der Waals surface area (Å²) in [6.45, 7) is 0. The minimum atomic E-state index is -5.39. The summed E-state index contributed by atoms with van der Waals surface area (Å²) in [7, 11) is -5.39. The molecule has 0 bridgehead atoms. The van der Waals surface area contributed by atoms with Gasteiger partial charge in [-0.3, -0.25) is 4.79 Å². The van der Waals surface area contributed by atoms with Gasteiger partial charge in [-0.25, -0.2) is 8.42 Å². The molecule has 3 rings (SSSR count). The first-order chi connectivity index (χ1) is 11.2. The van der Waals surface area contributed by atoms with Gasteiger partial charge in [0, 0.05) is 0 Å². The molecular weight excluding hydrogens is 345 g/mol. The van der Waals surface area contributed by atoms with Crippen molar-refractivity contribution in [2.24, 2.45) is 0 Å². The molecule has 0 saturated carbocycles. The lowest BCUT2D eigenvalue weighted by Crippen LogP contribution is -2.23. The summed E-state index contributed by atoms with van der Waals surface area (Å²) in [6, 6.07) is 10.9. The van der Waals surface area contributed by atoms with Gasteiger partial charge < -0.3 is 4.74 Å². The molecule has 0 aromatic heterocycles. The third kappa shape index (κ3) is 2.77. The normalized spacial score (nSPS) is 18.0. The Bertz CT molecular complexity index is 886. The standard InChI is InChI=1S/C16H11F3O4S/c17-16(18,19)24(21,22)11-7-5-10(6-8-11)15-9-13(20)12-3-1-2-4-14(12)23-15/h1-8,15H,9H2. The maximum atomic E-state index is 12.5. The van der Waals surface area contributed by atoms with Crippen LogP contribution in [0.2, 0.25) is 0 Å². The van der Waals surface area contributed by atoms with Crippen LogP contribution in [-0.2, 0) is 9.84 Å². The first-order valence-electron chi connectivity index (χ1n) is 6.90. The van der Waals surface area contributed by atoms with Crippen molar-refractivity contribution in [2.75, 3.05) is 0 Å². The molecule has 2 aromatic rings. The van der Waals surface area contributed by atoms with Crippen LogP contribution in [0.5, 0.6) is 5.75 Å². The quantitative estimate of drug-likeness (QED) is 0.823. The molecule has 4 nitrogen and oxygen atoms in total. The van der Waals surface area contributed by atoms with E-state index in [9.17, 15) is 26.4 Å². The number of alkyl halides is 3. The molecule has 0 saturated heterocycles. The topological polar surface area (TPSA) is 60.4 Å². The third-order valence-electron chi connectivity index (χ3n) is 3.69. The zero-order valence-electron chi connectivity index (χ0n) is 12.1. The Kier molecular flexibility index (Phi) is 3.87. The summed E-state index contributed by atoms with van der Waals surface area (Å²) in [5.41, 5.74) is -4.48. The maximum Gasteiger partial charge on any atom is 0.501 e. The number of hydrogen-bond acceptors (Lipinski definition) is 4. The molecule has 0 fully saturated rings. The molecular formula is C16H11F3O4S. The molecule has 1 aliphatic rings. The summed E-state index contributed by atoms with van der Waals surface area (Å²) in [4.78, 5) is 11.3. The predicted octanol–water partition coefficient (Wildman–Crippen LogP) is 3.69. The molecule has 0 N–H and O–H groups in total. The van der Waals surface area contributed by atoms with E-state index in [0.717, 1.165) is 12.1 Å². The Labute approximate surface area is 135 Å². The number of ketones is 1. The second-order valence-electron chi connectivity index (χ2n) is 5.25. The summed E-state index contributed by atoms with van der Waals surface area (Å²) in [5, 5.41) is 0. The van der Waals surface area contributed by atoms with Gasteiger partial charge in [0.15, 0.2) is 5.78 Å². The Hall–Kier alpha value is -2.35. The number of Topliss-reactive ketones (excluding diaryl/α,β-unsaturated/α-hetero) is 1. The number of benzene rings is 2. The van der Waals surface area contributed by atoms with Crippen molar-refractivity contribution >= 4 is 15.6 Å². The zero-order chi connectivity index (χ0) is 17.5. The van der Waals surface area contributed by atoms with E-state index < -0.39 is 26.3 Å². The van der Waals surface area contributed by atoms with Gasteiger partial charge in [-0.2, -0.15) is 13.2 Å². The average molecular weight is 356 g/mol. The van der Waals surface area contributed by atoms with E-state index in [1.165, 1.54) is 12.1 Å². The second-order valence-corrected chi connectivity index (χ2v) is 7.19. The Morgan fingerprint density at radius 3 is 2.25 bits per heavy atom. The molecule has 24 heavy (non-hydrogen) atoms. The fourth-order valence-corrected chi connectivity index (χ4v) is 3.22.